The van der Waals surface area contributed by atoms with Gasteiger partial charge in [-0.2, -0.15) is 5.26 Å². The molecule has 1 heterocycles. The topological polar surface area (TPSA) is 88.9 Å². The van der Waals surface area contributed by atoms with Crippen molar-refractivity contribution in [3.05, 3.63) is 73.9 Å². The van der Waals surface area contributed by atoms with Crippen molar-refractivity contribution in [2.24, 2.45) is 0 Å². The Morgan fingerprint density at radius 3 is 2.70 bits per heavy atom. The Hall–Kier alpha value is -3.01. The van der Waals surface area contributed by atoms with Crippen LogP contribution in [-0.2, 0) is 6.54 Å². The molecule has 0 radical (unpaired) electrons. The highest BCUT2D eigenvalue weighted by Gasteiger charge is 2.14. The molecule has 2 aromatic rings. The lowest BCUT2D eigenvalue weighted by atomic mass is 10.2. The molecule has 0 saturated carbocycles. The first-order valence-electron chi connectivity index (χ1n) is 5.55. The summed E-state index contributed by atoms with van der Waals surface area (Å²) in [6, 6.07) is 8.28. The maximum Gasteiger partial charge on any atom is 0.287 e. The molecule has 0 atom stereocenters. The predicted octanol–water partition coefficient (Wildman–Crippen LogP) is 1.82. The van der Waals surface area contributed by atoms with E-state index in [0.717, 1.165) is 16.8 Å². The summed E-state index contributed by atoms with van der Waals surface area (Å²) in [6.45, 7) is -0.179. The van der Waals surface area contributed by atoms with E-state index in [1.54, 1.807) is 12.1 Å². The molecule has 6 nitrogen and oxygen atoms in total. The molecule has 100 valence electrons. The number of hydrogen-bond donors (Lipinski definition) is 0. The van der Waals surface area contributed by atoms with E-state index in [1.807, 2.05) is 0 Å². The lowest BCUT2D eigenvalue weighted by molar-refractivity contribution is -0.385. The highest BCUT2D eigenvalue weighted by atomic mass is 19.1. The van der Waals surface area contributed by atoms with Gasteiger partial charge in [-0.15, -0.1) is 0 Å². The molecule has 20 heavy (non-hydrogen) atoms. The zero-order chi connectivity index (χ0) is 14.7. The zero-order valence-electron chi connectivity index (χ0n) is 10.1. The van der Waals surface area contributed by atoms with Crippen molar-refractivity contribution >= 4 is 5.69 Å². The fourth-order valence-electron chi connectivity index (χ4n) is 1.73. The first-order chi connectivity index (χ1) is 9.52. The molecule has 0 N–H and O–H groups in total. The van der Waals surface area contributed by atoms with E-state index in [1.165, 1.54) is 18.2 Å². The molecule has 1 aromatic carbocycles. The quantitative estimate of drug-likeness (QED) is 0.630. The van der Waals surface area contributed by atoms with Crippen LogP contribution in [0.2, 0.25) is 0 Å². The summed E-state index contributed by atoms with van der Waals surface area (Å²) in [7, 11) is 0. The molecule has 0 spiro atoms. The van der Waals surface area contributed by atoms with Crippen LogP contribution in [0.25, 0.3) is 0 Å². The number of hydrogen-bond acceptors (Lipinski definition) is 4. The third-order valence-electron chi connectivity index (χ3n) is 2.70. The van der Waals surface area contributed by atoms with E-state index in [4.69, 9.17) is 5.26 Å². The van der Waals surface area contributed by atoms with Gasteiger partial charge in [-0.1, -0.05) is 18.2 Å². The average Bonchev–Trinajstić information content (AvgIpc) is 2.43. The van der Waals surface area contributed by atoms with E-state index in [9.17, 15) is 19.3 Å². The number of benzene rings is 1. The minimum absolute atomic E-state index is 0.179. The van der Waals surface area contributed by atoms with Crippen molar-refractivity contribution in [1.82, 2.24) is 4.57 Å². The van der Waals surface area contributed by atoms with Gasteiger partial charge in [-0.05, 0) is 6.07 Å². The molecular formula is C13H8FN3O3. The lowest BCUT2D eigenvalue weighted by Crippen LogP contribution is -2.23. The van der Waals surface area contributed by atoms with Gasteiger partial charge in [0.2, 0.25) is 0 Å². The molecule has 2 rings (SSSR count). The highest BCUT2D eigenvalue weighted by molar-refractivity contribution is 5.38. The van der Waals surface area contributed by atoms with Crippen molar-refractivity contribution in [3.8, 4) is 6.07 Å². The number of nitrogens with zero attached hydrogens (tertiary/aromatic N) is 3. The van der Waals surface area contributed by atoms with Crippen molar-refractivity contribution in [1.29, 1.82) is 5.26 Å². The van der Waals surface area contributed by atoms with Crippen LogP contribution in [0.5, 0.6) is 0 Å². The van der Waals surface area contributed by atoms with Gasteiger partial charge in [-0.3, -0.25) is 14.9 Å². The van der Waals surface area contributed by atoms with Crippen molar-refractivity contribution in [3.63, 3.8) is 0 Å². The second-order valence-corrected chi connectivity index (χ2v) is 4.01. The molecule has 1 aromatic heterocycles. The summed E-state index contributed by atoms with van der Waals surface area (Å²) >= 11 is 0. The van der Waals surface area contributed by atoms with Gasteiger partial charge in [0.15, 0.2) is 0 Å². The van der Waals surface area contributed by atoms with Gasteiger partial charge in [0, 0.05) is 11.6 Å². The molecule has 0 aliphatic carbocycles. The molecular weight excluding hydrogens is 265 g/mol. The maximum atomic E-state index is 13.5. The summed E-state index contributed by atoms with van der Waals surface area (Å²) in [5.74, 6) is -0.524. The van der Waals surface area contributed by atoms with E-state index in [2.05, 4.69) is 0 Å². The Morgan fingerprint density at radius 2 is 2.10 bits per heavy atom. The monoisotopic (exact) mass is 273 g/mol. The van der Waals surface area contributed by atoms with Gasteiger partial charge in [0.05, 0.1) is 17.7 Å². The van der Waals surface area contributed by atoms with Crippen molar-refractivity contribution < 1.29 is 9.31 Å². The van der Waals surface area contributed by atoms with Crippen LogP contribution in [0, 0.1) is 27.3 Å². The fraction of sp³-hybridized carbons (Fsp3) is 0.0769. The Balaban J connectivity index is 2.55. The highest BCUT2D eigenvalue weighted by Crippen LogP contribution is 2.12. The average molecular weight is 273 g/mol. The molecule has 0 saturated heterocycles. The fourth-order valence-corrected chi connectivity index (χ4v) is 1.73. The summed E-state index contributed by atoms with van der Waals surface area (Å²) in [5.41, 5.74) is -1.23. The van der Waals surface area contributed by atoms with Gasteiger partial charge < -0.3 is 4.57 Å². The SMILES string of the molecule is N#Cc1cc([N+](=O)[O-])cn(Cc2ccccc2F)c1=O. The molecule has 0 fully saturated rings. The summed E-state index contributed by atoms with van der Waals surface area (Å²) in [6.07, 6.45) is 0.996. The van der Waals surface area contributed by atoms with Gasteiger partial charge in [0.25, 0.3) is 11.2 Å². The predicted molar refractivity (Wildman–Crippen MR) is 67.6 cm³/mol. The van der Waals surface area contributed by atoms with Gasteiger partial charge >= 0.3 is 0 Å². The molecule has 0 amide bonds. The minimum Gasteiger partial charge on any atom is -0.303 e. The third kappa shape index (κ3) is 2.54. The van der Waals surface area contributed by atoms with Crippen LogP contribution in [0.15, 0.2) is 41.3 Å². The Kier molecular flexibility index (Phi) is 3.57. The number of nitro groups is 1. The lowest BCUT2D eigenvalue weighted by Gasteiger charge is -2.07. The molecule has 0 aliphatic rings. The normalized spacial score (nSPS) is 10.0. The van der Waals surface area contributed by atoms with Crippen molar-refractivity contribution in [2.75, 3.05) is 0 Å². The minimum atomic E-state index is -0.710. The van der Waals surface area contributed by atoms with E-state index in [-0.39, 0.29) is 17.7 Å². The molecule has 0 unspecified atom stereocenters. The van der Waals surface area contributed by atoms with Crippen LogP contribution in [-0.4, -0.2) is 9.49 Å². The third-order valence-corrected chi connectivity index (χ3v) is 2.70. The zero-order valence-corrected chi connectivity index (χ0v) is 10.1. The van der Waals surface area contributed by atoms with Crippen LogP contribution >= 0.6 is 0 Å². The largest absolute Gasteiger partial charge is 0.303 e. The van der Waals surface area contributed by atoms with Crippen LogP contribution in [0.3, 0.4) is 0 Å². The molecule has 7 heteroatoms. The summed E-state index contributed by atoms with van der Waals surface area (Å²) in [4.78, 5) is 21.9. The maximum absolute atomic E-state index is 13.5. The Labute approximate surface area is 112 Å². The van der Waals surface area contributed by atoms with Gasteiger partial charge in [0.1, 0.15) is 17.4 Å². The van der Waals surface area contributed by atoms with Crippen LogP contribution in [0.1, 0.15) is 11.1 Å². The summed E-state index contributed by atoms with van der Waals surface area (Å²) < 4.78 is 14.5. The number of halogens is 1. The second-order valence-electron chi connectivity index (χ2n) is 4.01. The first-order valence-corrected chi connectivity index (χ1v) is 5.55. The van der Waals surface area contributed by atoms with Gasteiger partial charge in [-0.25, -0.2) is 4.39 Å². The first kappa shape index (κ1) is 13.4. The van der Waals surface area contributed by atoms with E-state index < -0.39 is 22.0 Å². The Morgan fingerprint density at radius 1 is 1.40 bits per heavy atom. The number of rotatable bonds is 3. The van der Waals surface area contributed by atoms with Crippen LogP contribution < -0.4 is 5.56 Å². The Bertz CT molecular complexity index is 777. The summed E-state index contributed by atoms with van der Waals surface area (Å²) in [5, 5.41) is 19.6. The number of aromatic nitrogens is 1. The van der Waals surface area contributed by atoms with E-state index in [0.29, 0.717) is 0 Å². The standard InChI is InChI=1S/C13H8FN3O3/c14-12-4-2-1-3-9(12)7-16-8-11(17(19)20)5-10(6-15)13(16)18/h1-5,8H,7H2. The molecule has 0 aliphatic heterocycles. The second kappa shape index (κ2) is 5.32. The van der Waals surface area contributed by atoms with E-state index >= 15 is 0 Å². The molecule has 0 bridgehead atoms. The number of nitriles is 1. The number of pyridine rings is 1. The van der Waals surface area contributed by atoms with Crippen LogP contribution in [0.4, 0.5) is 10.1 Å². The van der Waals surface area contributed by atoms with Crippen molar-refractivity contribution in [2.45, 2.75) is 6.54 Å². The smallest absolute Gasteiger partial charge is 0.287 e.